The second-order valence-electron chi connectivity index (χ2n) is 2.60. The van der Waals surface area contributed by atoms with E-state index in [4.69, 9.17) is 5.73 Å². The summed E-state index contributed by atoms with van der Waals surface area (Å²) in [5.74, 6) is 1.03. The monoisotopic (exact) mass is 139 g/mol. The lowest BCUT2D eigenvalue weighted by molar-refractivity contribution is 0.577. The predicted octanol–water partition coefficient (Wildman–Crippen LogP) is 0.539. The molecule has 1 atom stereocenters. The van der Waals surface area contributed by atoms with E-state index in [0.717, 1.165) is 12.4 Å². The number of imidazole rings is 1. The van der Waals surface area contributed by atoms with Crippen molar-refractivity contribution in [1.82, 2.24) is 9.55 Å². The molecular formula is C7H13N3. The van der Waals surface area contributed by atoms with E-state index >= 15 is 0 Å². The average molecular weight is 139 g/mol. The maximum absolute atomic E-state index is 5.60. The molecule has 0 aromatic carbocycles. The molecule has 56 valence electrons. The number of aromatic nitrogens is 2. The first-order valence-corrected chi connectivity index (χ1v) is 3.43. The summed E-state index contributed by atoms with van der Waals surface area (Å²) in [6, 6.07) is 0.202. The van der Waals surface area contributed by atoms with Gasteiger partial charge in [0, 0.05) is 25.0 Å². The molecule has 0 saturated carbocycles. The summed E-state index contributed by atoms with van der Waals surface area (Å²) < 4.78 is 2.05. The normalized spacial score (nSPS) is 13.5. The van der Waals surface area contributed by atoms with Crippen LogP contribution in [0.25, 0.3) is 0 Å². The van der Waals surface area contributed by atoms with Gasteiger partial charge in [-0.3, -0.25) is 0 Å². The lowest BCUT2D eigenvalue weighted by Gasteiger charge is -2.06. The Morgan fingerprint density at radius 2 is 2.50 bits per heavy atom. The number of hydrogen-bond donors (Lipinski definition) is 1. The predicted molar refractivity (Wildman–Crippen MR) is 40.6 cm³/mol. The second kappa shape index (κ2) is 2.84. The Labute approximate surface area is 60.9 Å². The van der Waals surface area contributed by atoms with Crippen molar-refractivity contribution in [1.29, 1.82) is 0 Å². The number of nitrogens with zero attached hydrogens (tertiary/aromatic N) is 2. The highest BCUT2D eigenvalue weighted by atomic mass is 15.1. The van der Waals surface area contributed by atoms with Crippen molar-refractivity contribution in [3.05, 3.63) is 18.2 Å². The number of hydrogen-bond acceptors (Lipinski definition) is 2. The molecule has 0 unspecified atom stereocenters. The Kier molecular flexibility index (Phi) is 2.06. The van der Waals surface area contributed by atoms with Crippen LogP contribution in [0, 0.1) is 6.92 Å². The molecule has 1 heterocycles. The molecule has 0 aliphatic heterocycles. The van der Waals surface area contributed by atoms with Gasteiger partial charge in [0.25, 0.3) is 0 Å². The fourth-order valence-electron chi connectivity index (χ4n) is 0.907. The van der Waals surface area contributed by atoms with Crippen LogP contribution >= 0.6 is 0 Å². The molecule has 0 aliphatic rings. The van der Waals surface area contributed by atoms with Crippen LogP contribution in [0.5, 0.6) is 0 Å². The first-order chi connectivity index (χ1) is 4.70. The standard InChI is InChI=1S/C7H13N3/c1-6(8)5-10-4-3-9-7(10)2/h3-4,6H,5,8H2,1-2H3/t6-/m0/s1. The number of rotatable bonds is 2. The molecular weight excluding hydrogens is 126 g/mol. The van der Waals surface area contributed by atoms with Gasteiger partial charge in [-0.25, -0.2) is 4.98 Å². The highest BCUT2D eigenvalue weighted by Crippen LogP contribution is 1.95. The van der Waals surface area contributed by atoms with E-state index in [1.807, 2.05) is 24.6 Å². The van der Waals surface area contributed by atoms with Gasteiger partial charge in [0.2, 0.25) is 0 Å². The largest absolute Gasteiger partial charge is 0.334 e. The molecule has 1 rings (SSSR count). The number of aryl methyl sites for hydroxylation is 1. The fourth-order valence-corrected chi connectivity index (χ4v) is 0.907. The van der Waals surface area contributed by atoms with Gasteiger partial charge in [-0.1, -0.05) is 0 Å². The van der Waals surface area contributed by atoms with Crippen LogP contribution in [0.4, 0.5) is 0 Å². The Balaban J connectivity index is 2.65. The molecule has 0 saturated heterocycles. The first kappa shape index (κ1) is 7.28. The highest BCUT2D eigenvalue weighted by molar-refractivity contribution is 4.88. The first-order valence-electron chi connectivity index (χ1n) is 3.43. The van der Waals surface area contributed by atoms with Crippen LogP contribution in [0.15, 0.2) is 12.4 Å². The maximum atomic E-state index is 5.60. The third-order valence-electron chi connectivity index (χ3n) is 1.41. The molecule has 0 radical (unpaired) electrons. The van der Waals surface area contributed by atoms with E-state index in [0.29, 0.717) is 0 Å². The van der Waals surface area contributed by atoms with Crippen LogP contribution in [0.1, 0.15) is 12.7 Å². The van der Waals surface area contributed by atoms with Crippen LogP contribution in [-0.4, -0.2) is 15.6 Å². The molecule has 0 amide bonds. The Morgan fingerprint density at radius 1 is 1.80 bits per heavy atom. The van der Waals surface area contributed by atoms with Gasteiger partial charge in [-0.15, -0.1) is 0 Å². The van der Waals surface area contributed by atoms with Gasteiger partial charge in [-0.2, -0.15) is 0 Å². The molecule has 1 aromatic heterocycles. The van der Waals surface area contributed by atoms with Gasteiger partial charge in [0.15, 0.2) is 0 Å². The van der Waals surface area contributed by atoms with E-state index < -0.39 is 0 Å². The van der Waals surface area contributed by atoms with Crippen LogP contribution < -0.4 is 5.73 Å². The van der Waals surface area contributed by atoms with Crippen molar-refractivity contribution in [3.63, 3.8) is 0 Å². The molecule has 0 fully saturated rings. The number of nitrogens with two attached hydrogens (primary N) is 1. The lowest BCUT2D eigenvalue weighted by Crippen LogP contribution is -2.22. The Bertz CT molecular complexity index is 202. The maximum Gasteiger partial charge on any atom is 0.105 e. The summed E-state index contributed by atoms with van der Waals surface area (Å²) in [5, 5.41) is 0. The van der Waals surface area contributed by atoms with Gasteiger partial charge in [0.1, 0.15) is 5.82 Å². The highest BCUT2D eigenvalue weighted by Gasteiger charge is 1.98. The summed E-state index contributed by atoms with van der Waals surface area (Å²) in [5.41, 5.74) is 5.60. The third kappa shape index (κ3) is 1.57. The summed E-state index contributed by atoms with van der Waals surface area (Å²) in [6.07, 6.45) is 3.73. The third-order valence-corrected chi connectivity index (χ3v) is 1.41. The minimum absolute atomic E-state index is 0.202. The minimum atomic E-state index is 0.202. The van der Waals surface area contributed by atoms with Crippen molar-refractivity contribution < 1.29 is 0 Å². The zero-order chi connectivity index (χ0) is 7.56. The molecule has 0 bridgehead atoms. The van der Waals surface area contributed by atoms with Gasteiger partial charge in [-0.05, 0) is 13.8 Å². The van der Waals surface area contributed by atoms with Crippen LogP contribution in [-0.2, 0) is 6.54 Å². The van der Waals surface area contributed by atoms with Gasteiger partial charge < -0.3 is 10.3 Å². The van der Waals surface area contributed by atoms with Gasteiger partial charge >= 0.3 is 0 Å². The topological polar surface area (TPSA) is 43.8 Å². The lowest BCUT2D eigenvalue weighted by atomic mass is 10.3. The van der Waals surface area contributed by atoms with E-state index in [9.17, 15) is 0 Å². The second-order valence-corrected chi connectivity index (χ2v) is 2.60. The Hall–Kier alpha value is -0.830. The van der Waals surface area contributed by atoms with Crippen molar-refractivity contribution in [2.75, 3.05) is 0 Å². The minimum Gasteiger partial charge on any atom is -0.334 e. The molecule has 10 heavy (non-hydrogen) atoms. The zero-order valence-corrected chi connectivity index (χ0v) is 6.41. The van der Waals surface area contributed by atoms with Crippen molar-refractivity contribution in [3.8, 4) is 0 Å². The van der Waals surface area contributed by atoms with E-state index in [-0.39, 0.29) is 6.04 Å². The van der Waals surface area contributed by atoms with E-state index in [1.165, 1.54) is 0 Å². The SMILES string of the molecule is Cc1nccn1C[C@H](C)N. The smallest absolute Gasteiger partial charge is 0.105 e. The molecule has 2 N–H and O–H groups in total. The average Bonchev–Trinajstić information content (AvgIpc) is 2.15. The summed E-state index contributed by atoms with van der Waals surface area (Å²) in [4.78, 5) is 4.08. The quantitative estimate of drug-likeness (QED) is 0.649. The fraction of sp³-hybridized carbons (Fsp3) is 0.571. The molecule has 3 nitrogen and oxygen atoms in total. The van der Waals surface area contributed by atoms with Crippen molar-refractivity contribution in [2.24, 2.45) is 5.73 Å². The summed E-state index contributed by atoms with van der Waals surface area (Å²) in [7, 11) is 0. The van der Waals surface area contributed by atoms with E-state index in [2.05, 4.69) is 4.98 Å². The summed E-state index contributed by atoms with van der Waals surface area (Å²) in [6.45, 7) is 4.81. The molecule has 3 heteroatoms. The zero-order valence-electron chi connectivity index (χ0n) is 6.41. The van der Waals surface area contributed by atoms with Crippen molar-refractivity contribution >= 4 is 0 Å². The van der Waals surface area contributed by atoms with Crippen LogP contribution in [0.2, 0.25) is 0 Å². The molecule has 0 spiro atoms. The molecule has 0 aliphatic carbocycles. The van der Waals surface area contributed by atoms with E-state index in [1.54, 1.807) is 6.20 Å². The van der Waals surface area contributed by atoms with Gasteiger partial charge in [0.05, 0.1) is 0 Å². The Morgan fingerprint density at radius 3 is 2.90 bits per heavy atom. The van der Waals surface area contributed by atoms with Crippen molar-refractivity contribution in [2.45, 2.75) is 26.4 Å². The summed E-state index contributed by atoms with van der Waals surface area (Å²) >= 11 is 0. The van der Waals surface area contributed by atoms with Crippen LogP contribution in [0.3, 0.4) is 0 Å². The molecule has 1 aromatic rings.